The van der Waals surface area contributed by atoms with Crippen LogP contribution in [0.4, 0.5) is 0 Å². The van der Waals surface area contributed by atoms with Gasteiger partial charge < -0.3 is 15.0 Å². The number of carbonyl (C=O) groups excluding carboxylic acids is 1. The number of aromatic amines is 1. The van der Waals surface area contributed by atoms with E-state index >= 15 is 0 Å². The number of nitrogens with zero attached hydrogens (tertiary/aromatic N) is 2. The largest absolute Gasteiger partial charge is 0.378 e. The summed E-state index contributed by atoms with van der Waals surface area (Å²) in [5.74, 6) is 0.278. The van der Waals surface area contributed by atoms with Gasteiger partial charge in [-0.05, 0) is 53.3 Å². The number of aliphatic hydroxyl groups excluding tert-OH is 1. The van der Waals surface area contributed by atoms with Crippen LogP contribution in [0.15, 0.2) is 83.7 Å². The molecule has 4 aromatic rings. The molecule has 2 heterocycles. The van der Waals surface area contributed by atoms with Gasteiger partial charge >= 0.3 is 0 Å². The van der Waals surface area contributed by atoms with Crippen molar-refractivity contribution in [3.8, 4) is 11.1 Å². The molecule has 6 rings (SSSR count). The quantitative estimate of drug-likeness (QED) is 0.403. The zero-order valence-electron chi connectivity index (χ0n) is 20.2. The SMILES string of the molecule is O=C([C@H](O)c1cccc(-c2cccc(Cl)c2)c1)N1CCc2nc(C3(c4ccccc4)CC3)[nH]c(=O)c2C1. The molecule has 1 saturated carbocycles. The van der Waals surface area contributed by atoms with Crippen molar-refractivity contribution in [3.63, 3.8) is 0 Å². The summed E-state index contributed by atoms with van der Waals surface area (Å²) in [6.45, 7) is 0.519. The number of H-pyrrole nitrogens is 1. The molecule has 1 fully saturated rings. The van der Waals surface area contributed by atoms with Gasteiger partial charge in [0.25, 0.3) is 11.5 Å². The predicted molar refractivity (Wildman–Crippen MR) is 142 cm³/mol. The number of fused-ring (bicyclic) bond motifs is 1. The number of hydrogen-bond acceptors (Lipinski definition) is 4. The number of nitrogens with one attached hydrogen (secondary N) is 1. The molecule has 0 spiro atoms. The molecule has 1 atom stereocenters. The number of hydrogen-bond donors (Lipinski definition) is 2. The third-order valence-corrected chi connectivity index (χ3v) is 7.74. The Morgan fingerprint density at radius 3 is 2.46 bits per heavy atom. The summed E-state index contributed by atoms with van der Waals surface area (Å²) >= 11 is 6.13. The molecule has 0 bridgehead atoms. The van der Waals surface area contributed by atoms with Gasteiger partial charge in [0.1, 0.15) is 5.82 Å². The molecule has 1 amide bonds. The molecule has 7 heteroatoms. The molecule has 0 unspecified atom stereocenters. The van der Waals surface area contributed by atoms with Crippen molar-refractivity contribution in [3.05, 3.63) is 122 Å². The van der Waals surface area contributed by atoms with Crippen molar-refractivity contribution in [2.45, 2.75) is 37.3 Å². The minimum absolute atomic E-state index is 0.125. The van der Waals surface area contributed by atoms with Crippen molar-refractivity contribution in [1.29, 1.82) is 0 Å². The highest BCUT2D eigenvalue weighted by molar-refractivity contribution is 6.30. The average Bonchev–Trinajstić information content (AvgIpc) is 3.75. The maximum Gasteiger partial charge on any atom is 0.256 e. The van der Waals surface area contributed by atoms with Gasteiger partial charge in [0.05, 0.1) is 23.2 Å². The number of benzene rings is 3. The fraction of sp³-hybridized carbons (Fsp3) is 0.233. The highest BCUT2D eigenvalue weighted by Gasteiger charge is 2.48. The Balaban J connectivity index is 1.23. The molecular weight excluding hydrogens is 486 g/mol. The Kier molecular flexibility index (Phi) is 5.94. The van der Waals surface area contributed by atoms with Gasteiger partial charge in [-0.25, -0.2) is 4.98 Å². The van der Waals surface area contributed by atoms with Crippen LogP contribution in [0, 0.1) is 0 Å². The Morgan fingerprint density at radius 1 is 1.00 bits per heavy atom. The van der Waals surface area contributed by atoms with E-state index in [1.807, 2.05) is 48.5 Å². The number of amides is 1. The third-order valence-electron chi connectivity index (χ3n) is 7.50. The lowest BCUT2D eigenvalue weighted by Gasteiger charge is -2.30. The lowest BCUT2D eigenvalue weighted by atomic mass is 9.94. The second kappa shape index (κ2) is 9.29. The van der Waals surface area contributed by atoms with Crippen LogP contribution in [0.1, 0.15) is 47.2 Å². The first-order valence-electron chi connectivity index (χ1n) is 12.5. The monoisotopic (exact) mass is 511 g/mol. The molecule has 0 radical (unpaired) electrons. The van der Waals surface area contributed by atoms with Crippen molar-refractivity contribution in [2.75, 3.05) is 6.54 Å². The molecule has 2 aliphatic rings. The summed E-state index contributed by atoms with van der Waals surface area (Å²) in [5.41, 5.74) is 4.21. The molecule has 1 aliphatic heterocycles. The smallest absolute Gasteiger partial charge is 0.256 e. The number of carbonyl (C=O) groups is 1. The fourth-order valence-corrected chi connectivity index (χ4v) is 5.45. The zero-order chi connectivity index (χ0) is 25.6. The summed E-state index contributed by atoms with van der Waals surface area (Å²) in [6.07, 6.45) is 1.03. The van der Waals surface area contributed by atoms with Gasteiger partial charge in [-0.1, -0.05) is 72.3 Å². The number of aliphatic hydroxyl groups is 1. The van der Waals surface area contributed by atoms with Gasteiger partial charge in [0, 0.05) is 18.0 Å². The van der Waals surface area contributed by atoms with Crippen LogP contribution in [-0.2, 0) is 23.2 Å². The van der Waals surface area contributed by atoms with E-state index in [0.717, 1.165) is 35.2 Å². The molecule has 0 saturated heterocycles. The maximum atomic E-state index is 13.3. The molecule has 3 aromatic carbocycles. The standard InChI is InChI=1S/C30H26ClN3O3/c31-23-11-5-7-20(17-23)19-6-4-8-21(16-19)26(35)28(37)34-15-12-25-24(18-34)27(36)33-29(32-25)30(13-14-30)22-9-2-1-3-10-22/h1-11,16-17,26,35H,12-15,18H2,(H,32,33,36)/t26-/m1/s1. The van der Waals surface area contributed by atoms with E-state index in [0.29, 0.717) is 34.9 Å². The van der Waals surface area contributed by atoms with Crippen LogP contribution in [-0.4, -0.2) is 32.4 Å². The van der Waals surface area contributed by atoms with Crippen molar-refractivity contribution in [1.82, 2.24) is 14.9 Å². The molecule has 186 valence electrons. The van der Waals surface area contributed by atoms with E-state index in [2.05, 4.69) is 17.1 Å². The Morgan fingerprint density at radius 2 is 1.73 bits per heavy atom. The second-order valence-corrected chi connectivity index (χ2v) is 10.3. The highest BCUT2D eigenvalue weighted by Crippen LogP contribution is 2.51. The van der Waals surface area contributed by atoms with Crippen LogP contribution < -0.4 is 5.56 Å². The molecule has 1 aromatic heterocycles. The molecule has 6 nitrogen and oxygen atoms in total. The minimum Gasteiger partial charge on any atom is -0.378 e. The molecule has 1 aliphatic carbocycles. The predicted octanol–water partition coefficient (Wildman–Crippen LogP) is 4.79. The Hall–Kier alpha value is -3.74. The van der Waals surface area contributed by atoms with Crippen LogP contribution >= 0.6 is 11.6 Å². The zero-order valence-corrected chi connectivity index (χ0v) is 20.9. The normalized spacial score (nSPS) is 16.6. The van der Waals surface area contributed by atoms with Gasteiger partial charge in [-0.2, -0.15) is 0 Å². The van der Waals surface area contributed by atoms with Crippen LogP contribution in [0.3, 0.4) is 0 Å². The highest BCUT2D eigenvalue weighted by atomic mass is 35.5. The summed E-state index contributed by atoms with van der Waals surface area (Å²) in [6, 6.07) is 24.8. The van der Waals surface area contributed by atoms with E-state index in [-0.39, 0.29) is 17.5 Å². The van der Waals surface area contributed by atoms with E-state index in [4.69, 9.17) is 16.6 Å². The first-order chi connectivity index (χ1) is 17.9. The van der Waals surface area contributed by atoms with E-state index in [1.54, 1.807) is 23.1 Å². The summed E-state index contributed by atoms with van der Waals surface area (Å²) < 4.78 is 0. The maximum absolute atomic E-state index is 13.3. The average molecular weight is 512 g/mol. The van der Waals surface area contributed by atoms with Crippen molar-refractivity contribution < 1.29 is 9.90 Å². The second-order valence-electron chi connectivity index (χ2n) is 9.84. The van der Waals surface area contributed by atoms with Gasteiger partial charge in [-0.3, -0.25) is 9.59 Å². The summed E-state index contributed by atoms with van der Waals surface area (Å²) in [5, 5.41) is 11.6. The van der Waals surface area contributed by atoms with Gasteiger partial charge in [0.2, 0.25) is 0 Å². The molecule has 37 heavy (non-hydrogen) atoms. The van der Waals surface area contributed by atoms with Crippen molar-refractivity contribution >= 4 is 17.5 Å². The summed E-state index contributed by atoms with van der Waals surface area (Å²) in [7, 11) is 0. The lowest BCUT2D eigenvalue weighted by molar-refractivity contribution is -0.141. The minimum atomic E-state index is -1.33. The van der Waals surface area contributed by atoms with E-state index in [1.165, 1.54) is 0 Å². The first-order valence-corrected chi connectivity index (χ1v) is 12.8. The molecular formula is C30H26ClN3O3. The Labute approximate surface area is 219 Å². The fourth-order valence-electron chi connectivity index (χ4n) is 5.26. The Bertz CT molecular complexity index is 1550. The van der Waals surface area contributed by atoms with Crippen LogP contribution in [0.5, 0.6) is 0 Å². The number of aromatic nitrogens is 2. The number of halogens is 1. The van der Waals surface area contributed by atoms with Crippen LogP contribution in [0.2, 0.25) is 5.02 Å². The van der Waals surface area contributed by atoms with Crippen molar-refractivity contribution in [2.24, 2.45) is 0 Å². The molecule has 2 N–H and O–H groups in total. The van der Waals surface area contributed by atoms with Gasteiger partial charge in [-0.15, -0.1) is 0 Å². The topological polar surface area (TPSA) is 86.3 Å². The lowest BCUT2D eigenvalue weighted by Crippen LogP contribution is -2.42. The first kappa shape index (κ1) is 23.6. The third kappa shape index (κ3) is 4.37. The van der Waals surface area contributed by atoms with E-state index < -0.39 is 12.0 Å². The number of rotatable bonds is 5. The van der Waals surface area contributed by atoms with E-state index in [9.17, 15) is 14.7 Å². The van der Waals surface area contributed by atoms with Gasteiger partial charge in [0.15, 0.2) is 6.10 Å². The summed E-state index contributed by atoms with van der Waals surface area (Å²) in [4.78, 5) is 35.8. The van der Waals surface area contributed by atoms with Crippen LogP contribution in [0.25, 0.3) is 11.1 Å².